The van der Waals surface area contributed by atoms with Gasteiger partial charge in [-0.3, -0.25) is 4.98 Å². The number of rotatable bonds is 10. The van der Waals surface area contributed by atoms with Crippen LogP contribution < -0.4 is 19.7 Å². The molecule has 0 aliphatic rings. The van der Waals surface area contributed by atoms with Crippen molar-refractivity contribution in [2.45, 2.75) is 13.2 Å². The fourth-order valence-electron chi connectivity index (χ4n) is 3.55. The fourth-order valence-corrected chi connectivity index (χ4v) is 3.55. The number of anilines is 2. The second-order valence-electron chi connectivity index (χ2n) is 7.55. The van der Waals surface area contributed by atoms with Crippen molar-refractivity contribution in [2.75, 3.05) is 26.2 Å². The quantitative estimate of drug-likeness (QED) is 0.246. The second kappa shape index (κ2) is 10.8. The van der Waals surface area contributed by atoms with Gasteiger partial charge in [-0.05, 0) is 12.1 Å². The third-order valence-corrected chi connectivity index (χ3v) is 5.31. The van der Waals surface area contributed by atoms with Gasteiger partial charge in [-0.25, -0.2) is 19.3 Å². The van der Waals surface area contributed by atoms with Crippen LogP contribution in [0.2, 0.25) is 0 Å². The number of aliphatic hydroxyl groups excluding tert-OH is 1. The number of nitrogens with zero attached hydrogens (tertiary/aromatic N) is 5. The van der Waals surface area contributed by atoms with Crippen molar-refractivity contribution in [2.24, 2.45) is 0 Å². The summed E-state index contributed by atoms with van der Waals surface area (Å²) in [6.07, 6.45) is 5.93. The highest BCUT2D eigenvalue weighted by molar-refractivity contribution is 6.07. The molecule has 186 valence electrons. The maximum atomic E-state index is 15.5. The number of imidazole rings is 1. The van der Waals surface area contributed by atoms with E-state index >= 15 is 4.39 Å². The molecule has 0 aliphatic heterocycles. The van der Waals surface area contributed by atoms with E-state index in [4.69, 9.17) is 14.9 Å². The molecule has 0 saturated heterocycles. The van der Waals surface area contributed by atoms with E-state index < -0.39 is 5.82 Å². The van der Waals surface area contributed by atoms with Crippen molar-refractivity contribution in [1.29, 1.82) is 5.41 Å². The van der Waals surface area contributed by atoms with Crippen LogP contribution in [-0.2, 0) is 13.2 Å². The molecule has 0 fully saturated rings. The van der Waals surface area contributed by atoms with Gasteiger partial charge in [-0.15, -0.1) is 0 Å². The first-order valence-electron chi connectivity index (χ1n) is 10.9. The number of benzene rings is 1. The Morgan fingerprint density at radius 1 is 1.22 bits per heavy atom. The van der Waals surface area contributed by atoms with Crippen molar-refractivity contribution in [3.63, 3.8) is 0 Å². The first kappa shape index (κ1) is 24.5. The largest absolute Gasteiger partial charge is 0.497 e. The van der Waals surface area contributed by atoms with Gasteiger partial charge in [0.1, 0.15) is 22.9 Å². The van der Waals surface area contributed by atoms with E-state index in [9.17, 15) is 5.11 Å². The standard InChI is InChI=1S/C24H25FN8O3/c1-27-9-14(8-26)18-11-28-17-4-5-22(32-24(17)31-18)33(12-21-29-10-15(13-34)30-21)19-6-16(35-2)7-20(36-3)23(19)25/h4-11,26-27,34H,12-13H2,1-3H3,(H,29,30)/b14-9+,26-8?. The van der Waals surface area contributed by atoms with Crippen LogP contribution >= 0.6 is 0 Å². The zero-order valence-corrected chi connectivity index (χ0v) is 19.9. The zero-order chi connectivity index (χ0) is 25.7. The number of nitrogens with one attached hydrogen (secondary N) is 3. The van der Waals surface area contributed by atoms with E-state index in [1.807, 2.05) is 0 Å². The van der Waals surface area contributed by atoms with Gasteiger partial charge in [0.05, 0.1) is 50.6 Å². The Morgan fingerprint density at radius 3 is 2.72 bits per heavy atom. The molecule has 11 nitrogen and oxygen atoms in total. The Balaban J connectivity index is 1.87. The number of aromatic amines is 1. The lowest BCUT2D eigenvalue weighted by Crippen LogP contribution is -2.20. The van der Waals surface area contributed by atoms with Crippen LogP contribution in [0.3, 0.4) is 0 Å². The molecule has 0 amide bonds. The lowest BCUT2D eigenvalue weighted by Gasteiger charge is -2.25. The Hall–Kier alpha value is -4.58. The number of fused-ring (bicyclic) bond motifs is 1. The van der Waals surface area contributed by atoms with Crippen molar-refractivity contribution in [1.82, 2.24) is 30.2 Å². The Bertz CT molecular complexity index is 1420. The molecule has 0 atom stereocenters. The second-order valence-corrected chi connectivity index (χ2v) is 7.55. The molecule has 4 aromatic rings. The highest BCUT2D eigenvalue weighted by Crippen LogP contribution is 2.37. The molecule has 4 N–H and O–H groups in total. The summed E-state index contributed by atoms with van der Waals surface area (Å²) in [5.74, 6) is 0.612. The zero-order valence-electron chi connectivity index (χ0n) is 19.9. The summed E-state index contributed by atoms with van der Waals surface area (Å²) in [4.78, 5) is 22.5. The lowest BCUT2D eigenvalue weighted by atomic mass is 10.2. The van der Waals surface area contributed by atoms with Gasteiger partial charge in [-0.2, -0.15) is 0 Å². The van der Waals surface area contributed by atoms with Gasteiger partial charge in [0, 0.05) is 43.4 Å². The van der Waals surface area contributed by atoms with Gasteiger partial charge < -0.3 is 35.2 Å². The Morgan fingerprint density at radius 2 is 2.06 bits per heavy atom. The Labute approximate surface area is 206 Å². The van der Waals surface area contributed by atoms with E-state index in [0.717, 1.165) is 6.21 Å². The van der Waals surface area contributed by atoms with Crippen LogP contribution in [-0.4, -0.2) is 57.5 Å². The summed E-state index contributed by atoms with van der Waals surface area (Å²) in [6.45, 7) is -0.149. The van der Waals surface area contributed by atoms with Gasteiger partial charge in [0.25, 0.3) is 0 Å². The van der Waals surface area contributed by atoms with Crippen LogP contribution in [0.1, 0.15) is 17.2 Å². The highest BCUT2D eigenvalue weighted by atomic mass is 19.1. The number of pyridine rings is 1. The summed E-state index contributed by atoms with van der Waals surface area (Å²) in [5, 5.41) is 19.9. The number of hydrogen-bond acceptors (Lipinski definition) is 10. The third kappa shape index (κ3) is 4.93. The monoisotopic (exact) mass is 492 g/mol. The summed E-state index contributed by atoms with van der Waals surface area (Å²) in [6, 6.07) is 6.40. The number of aromatic nitrogens is 5. The average molecular weight is 493 g/mol. The normalized spacial score (nSPS) is 11.4. The first-order chi connectivity index (χ1) is 17.5. The molecule has 3 aromatic heterocycles. The first-order valence-corrected chi connectivity index (χ1v) is 10.9. The molecule has 0 unspecified atom stereocenters. The molecule has 0 radical (unpaired) electrons. The number of hydrogen-bond donors (Lipinski definition) is 4. The van der Waals surface area contributed by atoms with Crippen molar-refractivity contribution >= 4 is 34.5 Å². The van der Waals surface area contributed by atoms with Crippen molar-refractivity contribution in [3.05, 3.63) is 65.9 Å². The maximum Gasteiger partial charge on any atom is 0.188 e. The smallest absolute Gasteiger partial charge is 0.188 e. The molecule has 1 aromatic carbocycles. The SMILES string of the molecule is CN/C=C(\C=N)c1cnc2ccc(N(Cc3nc(CO)c[nH]3)c3cc(OC)cc(OC)c3F)nc2n1. The summed E-state index contributed by atoms with van der Waals surface area (Å²) in [7, 11) is 4.57. The van der Waals surface area contributed by atoms with Crippen molar-refractivity contribution in [3.8, 4) is 11.5 Å². The molecule has 36 heavy (non-hydrogen) atoms. The molecule has 0 bridgehead atoms. The topological polar surface area (TPSA) is 145 Å². The predicted octanol–water partition coefficient (Wildman–Crippen LogP) is 2.94. The highest BCUT2D eigenvalue weighted by Gasteiger charge is 2.22. The van der Waals surface area contributed by atoms with E-state index in [2.05, 4.69) is 30.2 Å². The average Bonchev–Trinajstić information content (AvgIpc) is 3.38. The predicted molar refractivity (Wildman–Crippen MR) is 133 cm³/mol. The van der Waals surface area contributed by atoms with Gasteiger partial charge in [-0.1, -0.05) is 0 Å². The van der Waals surface area contributed by atoms with Crippen LogP contribution in [0, 0.1) is 11.2 Å². The number of aliphatic hydroxyl groups is 1. The van der Waals surface area contributed by atoms with Gasteiger partial charge >= 0.3 is 0 Å². The third-order valence-electron chi connectivity index (χ3n) is 5.31. The van der Waals surface area contributed by atoms with Crippen LogP contribution in [0.25, 0.3) is 16.7 Å². The molecular weight excluding hydrogens is 467 g/mol. The minimum atomic E-state index is -0.614. The van der Waals surface area contributed by atoms with Crippen LogP contribution in [0.4, 0.5) is 15.9 Å². The van der Waals surface area contributed by atoms with E-state index in [1.54, 1.807) is 42.7 Å². The maximum absolute atomic E-state index is 15.5. The number of ether oxygens (including phenoxy) is 2. The minimum absolute atomic E-state index is 0.000497. The lowest BCUT2D eigenvalue weighted by molar-refractivity contribution is 0.277. The summed E-state index contributed by atoms with van der Waals surface area (Å²) < 4.78 is 26.1. The number of H-pyrrole nitrogens is 1. The summed E-state index contributed by atoms with van der Waals surface area (Å²) >= 11 is 0. The molecule has 4 rings (SSSR count). The van der Waals surface area contributed by atoms with Crippen LogP contribution in [0.5, 0.6) is 11.5 Å². The molecule has 3 heterocycles. The van der Waals surface area contributed by atoms with Crippen LogP contribution in [0.15, 0.2) is 42.9 Å². The van der Waals surface area contributed by atoms with E-state index in [1.165, 1.54) is 26.4 Å². The molecule has 0 spiro atoms. The minimum Gasteiger partial charge on any atom is -0.497 e. The number of halogens is 1. The molecule has 0 aliphatic carbocycles. The fraction of sp³-hybridized carbons (Fsp3) is 0.208. The number of allylic oxidation sites excluding steroid dienone is 1. The number of methoxy groups -OCH3 is 2. The Kier molecular flexibility index (Phi) is 7.35. The van der Waals surface area contributed by atoms with Gasteiger partial charge in [0.2, 0.25) is 0 Å². The molecule has 12 heteroatoms. The van der Waals surface area contributed by atoms with E-state index in [-0.39, 0.29) is 24.6 Å². The molecular formula is C24H25FN8O3. The molecule has 0 saturated carbocycles. The van der Waals surface area contributed by atoms with E-state index in [0.29, 0.717) is 45.5 Å². The van der Waals surface area contributed by atoms with Gasteiger partial charge in [0.15, 0.2) is 17.2 Å². The summed E-state index contributed by atoms with van der Waals surface area (Å²) in [5.41, 5.74) is 2.40. The van der Waals surface area contributed by atoms with Crippen molar-refractivity contribution < 1.29 is 19.0 Å².